The highest BCUT2D eigenvalue weighted by Crippen LogP contribution is 2.34. The molecule has 5 heterocycles. The molecule has 0 spiro atoms. The minimum absolute atomic E-state index is 0.916. The summed E-state index contributed by atoms with van der Waals surface area (Å²) in [5.74, 6) is 0. The number of imidazole rings is 1. The summed E-state index contributed by atoms with van der Waals surface area (Å²) in [5, 5.41) is 3.25. The number of para-hydroxylation sites is 1. The van der Waals surface area contributed by atoms with Gasteiger partial charge in [-0.05, 0) is 41.5 Å². The average molecular weight is 550 g/mol. The molecule has 0 saturated heterocycles. The van der Waals surface area contributed by atoms with Crippen LogP contribution >= 0.6 is 0 Å². The van der Waals surface area contributed by atoms with E-state index in [1.54, 1.807) is 0 Å². The highest BCUT2D eigenvalue weighted by atomic mass is 15.0. The van der Waals surface area contributed by atoms with Gasteiger partial charge in [0.1, 0.15) is 11.2 Å². The Bertz CT molecular complexity index is 2490. The average Bonchev–Trinajstić information content (AvgIpc) is 3.48. The largest absolute Gasteiger partial charge is 0.298 e. The Kier molecular flexibility index (Phi) is 5.13. The van der Waals surface area contributed by atoms with E-state index in [1.165, 1.54) is 0 Å². The lowest BCUT2D eigenvalue weighted by Crippen LogP contribution is -1.92. The van der Waals surface area contributed by atoms with Crippen molar-refractivity contribution in [2.75, 3.05) is 0 Å². The van der Waals surface area contributed by atoms with Crippen LogP contribution in [0.1, 0.15) is 0 Å². The van der Waals surface area contributed by atoms with Crippen molar-refractivity contribution in [3.63, 3.8) is 0 Å². The van der Waals surface area contributed by atoms with Crippen LogP contribution in [0.4, 0.5) is 0 Å². The third-order valence-corrected chi connectivity index (χ3v) is 8.25. The Morgan fingerprint density at radius 1 is 0.465 bits per heavy atom. The van der Waals surface area contributed by atoms with Gasteiger partial charge in [-0.15, -0.1) is 0 Å². The summed E-state index contributed by atoms with van der Waals surface area (Å²) in [4.78, 5) is 19.7. The Morgan fingerprint density at radius 2 is 1.16 bits per heavy atom. The summed E-state index contributed by atoms with van der Waals surface area (Å²) in [7, 11) is 0. The van der Waals surface area contributed by atoms with E-state index in [9.17, 15) is 0 Å². The third kappa shape index (κ3) is 3.79. The fourth-order valence-electron chi connectivity index (χ4n) is 6.09. The van der Waals surface area contributed by atoms with E-state index >= 15 is 0 Å². The quantitative estimate of drug-likeness (QED) is 0.206. The molecule has 0 amide bonds. The van der Waals surface area contributed by atoms with Crippen molar-refractivity contribution in [2.45, 2.75) is 0 Å². The summed E-state index contributed by atoms with van der Waals surface area (Å²) in [6, 6.07) is 44.0. The van der Waals surface area contributed by atoms with Crippen LogP contribution in [0, 0.1) is 0 Å². The molecule has 0 aliphatic rings. The molecule has 4 aromatic carbocycles. The monoisotopic (exact) mass is 549 g/mol. The van der Waals surface area contributed by atoms with Gasteiger partial charge in [-0.25, -0.2) is 15.0 Å². The molecule has 0 unspecified atom stereocenters. The zero-order valence-electron chi connectivity index (χ0n) is 23.0. The first-order chi connectivity index (χ1) is 21.3. The molecule has 0 aliphatic carbocycles. The van der Waals surface area contributed by atoms with Crippen molar-refractivity contribution >= 4 is 49.4 Å². The number of rotatable bonds is 3. The molecule has 0 aliphatic heterocycles. The molecule has 5 aromatic heterocycles. The van der Waals surface area contributed by atoms with Crippen molar-refractivity contribution in [1.82, 2.24) is 24.3 Å². The fraction of sp³-hybridized carbons (Fsp3) is 0. The van der Waals surface area contributed by atoms with Gasteiger partial charge in [0.15, 0.2) is 0 Å². The SMILES string of the molecule is c1cnc2c(c1)ccc1ccc(-c3ccc(-c4ccc(-c5nc6ccccc6c6nc7ccccn7c56)cc4)cc3)nc12. The number of nitrogens with zero attached hydrogens (tertiary/aromatic N) is 5. The van der Waals surface area contributed by atoms with Crippen molar-refractivity contribution in [2.24, 2.45) is 0 Å². The Hall–Kier alpha value is -5.94. The van der Waals surface area contributed by atoms with E-state index in [-0.39, 0.29) is 0 Å². The molecule has 0 bridgehead atoms. The van der Waals surface area contributed by atoms with Gasteiger partial charge in [0.2, 0.25) is 0 Å². The van der Waals surface area contributed by atoms with Gasteiger partial charge >= 0.3 is 0 Å². The second-order valence-corrected chi connectivity index (χ2v) is 10.8. The molecular formula is C38H23N5. The summed E-state index contributed by atoms with van der Waals surface area (Å²) in [6.45, 7) is 0. The van der Waals surface area contributed by atoms with Crippen molar-refractivity contribution in [1.29, 1.82) is 0 Å². The predicted octanol–water partition coefficient (Wildman–Crippen LogP) is 9.13. The maximum atomic E-state index is 5.11. The smallest absolute Gasteiger partial charge is 0.137 e. The highest BCUT2D eigenvalue weighted by Gasteiger charge is 2.16. The van der Waals surface area contributed by atoms with Crippen LogP contribution in [0.15, 0.2) is 140 Å². The first-order valence-electron chi connectivity index (χ1n) is 14.3. The zero-order chi connectivity index (χ0) is 28.3. The molecule has 0 radical (unpaired) electrons. The van der Waals surface area contributed by atoms with Crippen LogP contribution in [0.5, 0.6) is 0 Å². The van der Waals surface area contributed by atoms with E-state index in [4.69, 9.17) is 15.0 Å². The van der Waals surface area contributed by atoms with Crippen molar-refractivity contribution in [3.05, 3.63) is 140 Å². The molecule has 0 N–H and O–H groups in total. The molecule has 5 heteroatoms. The van der Waals surface area contributed by atoms with Gasteiger partial charge in [0.25, 0.3) is 0 Å². The van der Waals surface area contributed by atoms with Gasteiger partial charge in [-0.1, -0.05) is 97.1 Å². The topological polar surface area (TPSA) is 56.0 Å². The fourth-order valence-corrected chi connectivity index (χ4v) is 6.09. The molecule has 9 aromatic rings. The minimum atomic E-state index is 0.916. The van der Waals surface area contributed by atoms with Crippen molar-refractivity contribution < 1.29 is 0 Å². The molecule has 43 heavy (non-hydrogen) atoms. The number of benzene rings is 4. The van der Waals surface area contributed by atoms with Crippen molar-refractivity contribution in [3.8, 4) is 33.6 Å². The van der Waals surface area contributed by atoms with Crippen LogP contribution in [-0.4, -0.2) is 24.3 Å². The highest BCUT2D eigenvalue weighted by molar-refractivity contribution is 6.09. The maximum Gasteiger partial charge on any atom is 0.137 e. The normalized spacial score (nSPS) is 11.7. The van der Waals surface area contributed by atoms with E-state index in [2.05, 4.69) is 107 Å². The lowest BCUT2D eigenvalue weighted by molar-refractivity contribution is 1.22. The second kappa shape index (κ2) is 9.29. The lowest BCUT2D eigenvalue weighted by Gasteiger charge is -2.09. The van der Waals surface area contributed by atoms with Gasteiger partial charge in [0, 0.05) is 39.7 Å². The Balaban J connectivity index is 1.09. The summed E-state index contributed by atoms with van der Waals surface area (Å²) in [5.41, 5.74) is 12.0. The number of pyridine rings is 4. The third-order valence-electron chi connectivity index (χ3n) is 8.25. The number of hydrogen-bond acceptors (Lipinski definition) is 4. The van der Waals surface area contributed by atoms with E-state index in [0.717, 1.165) is 83.0 Å². The van der Waals surface area contributed by atoms with Gasteiger partial charge in [-0.3, -0.25) is 9.38 Å². The second-order valence-electron chi connectivity index (χ2n) is 10.8. The molecule has 9 rings (SSSR count). The van der Waals surface area contributed by atoms with Crippen LogP contribution in [0.3, 0.4) is 0 Å². The Labute approximate surface area is 246 Å². The number of fused-ring (bicyclic) bond motifs is 8. The number of hydrogen-bond donors (Lipinski definition) is 0. The van der Waals surface area contributed by atoms with Crippen LogP contribution in [0.25, 0.3) is 83.0 Å². The molecular weight excluding hydrogens is 526 g/mol. The minimum Gasteiger partial charge on any atom is -0.298 e. The molecule has 5 nitrogen and oxygen atoms in total. The Morgan fingerprint density at radius 3 is 2.00 bits per heavy atom. The zero-order valence-corrected chi connectivity index (χ0v) is 23.0. The maximum absolute atomic E-state index is 5.11. The number of aromatic nitrogens is 5. The lowest BCUT2D eigenvalue weighted by atomic mass is 9.99. The van der Waals surface area contributed by atoms with Gasteiger partial charge < -0.3 is 0 Å². The van der Waals surface area contributed by atoms with E-state index in [1.807, 2.05) is 42.6 Å². The first kappa shape index (κ1) is 23.7. The van der Waals surface area contributed by atoms with E-state index in [0.29, 0.717) is 0 Å². The molecule has 0 atom stereocenters. The summed E-state index contributed by atoms with van der Waals surface area (Å²) in [6.07, 6.45) is 3.89. The molecule has 0 saturated carbocycles. The van der Waals surface area contributed by atoms with E-state index < -0.39 is 0 Å². The summed E-state index contributed by atoms with van der Waals surface area (Å²) >= 11 is 0. The molecule has 0 fully saturated rings. The standard InChI is InChI=1S/C38H23N5/c1-2-8-32-30(7-1)37-38(43-23-4-3-9-33(43)42-37)36(41-32)29-16-12-25(13-17-29)24-10-14-26(15-11-24)31-21-20-28-19-18-27-6-5-22-39-34(27)35(28)40-31/h1-23H. The van der Waals surface area contributed by atoms with Crippen LogP contribution in [0.2, 0.25) is 0 Å². The van der Waals surface area contributed by atoms with Crippen LogP contribution in [-0.2, 0) is 0 Å². The van der Waals surface area contributed by atoms with Crippen LogP contribution < -0.4 is 0 Å². The van der Waals surface area contributed by atoms with Gasteiger partial charge in [0.05, 0.1) is 33.5 Å². The van der Waals surface area contributed by atoms with Gasteiger partial charge in [-0.2, -0.15) is 0 Å². The molecule has 200 valence electrons. The summed E-state index contributed by atoms with van der Waals surface area (Å²) < 4.78 is 2.14. The first-order valence-corrected chi connectivity index (χ1v) is 14.3. The predicted molar refractivity (Wildman–Crippen MR) is 175 cm³/mol.